The Morgan fingerprint density at radius 3 is 2.54 bits per heavy atom. The van der Waals surface area contributed by atoms with Crippen LogP contribution in [0.15, 0.2) is 47.8 Å². The van der Waals surface area contributed by atoms with Crippen molar-refractivity contribution in [1.29, 1.82) is 0 Å². The topological polar surface area (TPSA) is 115 Å². The second-order valence-electron chi connectivity index (χ2n) is 5.37. The van der Waals surface area contributed by atoms with Gasteiger partial charge < -0.3 is 11.1 Å². The molecule has 0 saturated heterocycles. The van der Waals surface area contributed by atoms with Crippen LogP contribution in [0, 0.1) is 0 Å². The fraction of sp³-hybridized carbons (Fsp3) is 0.118. The summed E-state index contributed by atoms with van der Waals surface area (Å²) in [6, 6.07) is 11.7. The zero-order chi connectivity index (χ0) is 18.5. The highest BCUT2D eigenvalue weighted by molar-refractivity contribution is 7.18. The Kier molecular flexibility index (Phi) is 5.49. The van der Waals surface area contributed by atoms with Gasteiger partial charge in [-0.25, -0.2) is 0 Å². The van der Waals surface area contributed by atoms with Gasteiger partial charge in [0.15, 0.2) is 5.69 Å². The molecule has 26 heavy (non-hydrogen) atoms. The maximum atomic E-state index is 12.6. The number of thiophene rings is 1. The van der Waals surface area contributed by atoms with Crippen LogP contribution in [-0.2, 0) is 16.0 Å². The van der Waals surface area contributed by atoms with E-state index < -0.39 is 23.6 Å². The van der Waals surface area contributed by atoms with Crippen LogP contribution in [0.4, 0.5) is 0 Å². The zero-order valence-corrected chi connectivity index (χ0v) is 15.0. The van der Waals surface area contributed by atoms with Crippen LogP contribution in [0.25, 0.3) is 9.75 Å². The SMILES string of the molecule is NC(=O)C(=O)C(Cc1ccccc1)NC(=O)c1nnsc1-c1cccs1. The molecule has 0 aliphatic carbocycles. The highest BCUT2D eigenvalue weighted by Gasteiger charge is 2.28. The zero-order valence-electron chi connectivity index (χ0n) is 13.4. The van der Waals surface area contributed by atoms with E-state index in [1.807, 2.05) is 35.7 Å². The lowest BCUT2D eigenvalue weighted by Gasteiger charge is -2.16. The number of nitrogens with one attached hydrogen (secondary N) is 1. The second kappa shape index (κ2) is 7.98. The summed E-state index contributed by atoms with van der Waals surface area (Å²) in [6.45, 7) is 0. The van der Waals surface area contributed by atoms with Gasteiger partial charge in [0.25, 0.3) is 11.8 Å². The number of nitrogens with zero attached hydrogens (tertiary/aromatic N) is 2. The molecule has 0 spiro atoms. The number of primary amides is 1. The smallest absolute Gasteiger partial charge is 0.287 e. The number of ketones is 1. The van der Waals surface area contributed by atoms with Gasteiger partial charge in [0.2, 0.25) is 5.78 Å². The molecule has 0 radical (unpaired) electrons. The van der Waals surface area contributed by atoms with E-state index in [4.69, 9.17) is 5.73 Å². The lowest BCUT2D eigenvalue weighted by Crippen LogP contribution is -2.47. The molecule has 2 aromatic heterocycles. The van der Waals surface area contributed by atoms with Crippen molar-refractivity contribution in [2.75, 3.05) is 0 Å². The molecule has 3 N–H and O–H groups in total. The van der Waals surface area contributed by atoms with E-state index in [9.17, 15) is 14.4 Å². The van der Waals surface area contributed by atoms with Crippen LogP contribution in [0.5, 0.6) is 0 Å². The predicted octanol–water partition coefficient (Wildman–Crippen LogP) is 1.66. The number of aromatic nitrogens is 2. The molecule has 0 saturated carbocycles. The van der Waals surface area contributed by atoms with E-state index in [-0.39, 0.29) is 12.1 Å². The van der Waals surface area contributed by atoms with E-state index in [2.05, 4.69) is 14.9 Å². The molecule has 3 aromatic rings. The first-order valence-electron chi connectivity index (χ1n) is 7.61. The molecule has 0 aliphatic heterocycles. The van der Waals surface area contributed by atoms with E-state index in [0.29, 0.717) is 4.88 Å². The molecular weight excluding hydrogens is 372 g/mol. The molecule has 1 atom stereocenters. The van der Waals surface area contributed by atoms with Crippen LogP contribution in [0.1, 0.15) is 16.1 Å². The fourth-order valence-corrected chi connectivity index (χ4v) is 3.87. The van der Waals surface area contributed by atoms with Gasteiger partial charge in [0, 0.05) is 11.3 Å². The highest BCUT2D eigenvalue weighted by atomic mass is 32.1. The number of hydrogen-bond acceptors (Lipinski definition) is 7. The van der Waals surface area contributed by atoms with Crippen molar-refractivity contribution >= 4 is 40.5 Å². The van der Waals surface area contributed by atoms with Gasteiger partial charge >= 0.3 is 0 Å². The van der Waals surface area contributed by atoms with Crippen molar-refractivity contribution in [2.45, 2.75) is 12.5 Å². The molecular formula is C17H14N4O3S2. The Balaban J connectivity index is 1.83. The molecule has 2 heterocycles. The second-order valence-corrected chi connectivity index (χ2v) is 7.07. The summed E-state index contributed by atoms with van der Waals surface area (Å²) in [5.41, 5.74) is 6.04. The Morgan fingerprint density at radius 1 is 1.12 bits per heavy atom. The van der Waals surface area contributed by atoms with Crippen molar-refractivity contribution < 1.29 is 14.4 Å². The molecule has 1 aromatic carbocycles. The Bertz CT molecular complexity index is 923. The maximum Gasteiger partial charge on any atom is 0.287 e. The summed E-state index contributed by atoms with van der Waals surface area (Å²) < 4.78 is 3.83. The fourth-order valence-electron chi connectivity index (χ4n) is 2.37. The van der Waals surface area contributed by atoms with Gasteiger partial charge in [-0.1, -0.05) is 40.9 Å². The number of benzene rings is 1. The van der Waals surface area contributed by atoms with E-state index in [0.717, 1.165) is 22.0 Å². The van der Waals surface area contributed by atoms with Crippen LogP contribution in [-0.4, -0.2) is 33.2 Å². The first-order valence-corrected chi connectivity index (χ1v) is 9.26. The molecule has 0 bridgehead atoms. The summed E-state index contributed by atoms with van der Waals surface area (Å²) in [6.07, 6.45) is 0.153. The van der Waals surface area contributed by atoms with Crippen molar-refractivity contribution in [3.8, 4) is 9.75 Å². The molecule has 3 rings (SSSR count). The average Bonchev–Trinajstić information content (AvgIpc) is 3.32. The van der Waals surface area contributed by atoms with Crippen LogP contribution in [0.2, 0.25) is 0 Å². The number of amides is 2. The summed E-state index contributed by atoms with van der Waals surface area (Å²) in [5, 5.41) is 8.32. The molecule has 2 amide bonds. The van der Waals surface area contributed by atoms with Gasteiger partial charge in [0.1, 0.15) is 6.04 Å². The minimum atomic E-state index is -1.10. The normalized spacial score (nSPS) is 11.7. The van der Waals surface area contributed by atoms with Gasteiger partial charge in [-0.05, 0) is 28.5 Å². The van der Waals surface area contributed by atoms with Crippen molar-refractivity contribution in [3.63, 3.8) is 0 Å². The first-order chi connectivity index (χ1) is 12.6. The van der Waals surface area contributed by atoms with Crippen LogP contribution < -0.4 is 11.1 Å². The van der Waals surface area contributed by atoms with Gasteiger partial charge in [-0.15, -0.1) is 16.4 Å². The molecule has 0 aliphatic rings. The van der Waals surface area contributed by atoms with Crippen molar-refractivity contribution in [3.05, 3.63) is 59.1 Å². The lowest BCUT2D eigenvalue weighted by atomic mass is 10.0. The predicted molar refractivity (Wildman–Crippen MR) is 98.8 cm³/mol. The number of carbonyl (C=O) groups excluding carboxylic acids is 3. The molecule has 132 valence electrons. The monoisotopic (exact) mass is 386 g/mol. The third-order valence-electron chi connectivity index (χ3n) is 3.60. The van der Waals surface area contributed by atoms with E-state index in [1.54, 1.807) is 12.1 Å². The summed E-state index contributed by atoms with van der Waals surface area (Å²) in [5.74, 6) is -2.53. The number of hydrogen-bond donors (Lipinski definition) is 2. The Morgan fingerprint density at radius 2 is 1.88 bits per heavy atom. The number of Topliss-reactive ketones (excluding diaryl/α,β-unsaturated/α-hetero) is 1. The van der Waals surface area contributed by atoms with Crippen molar-refractivity contribution in [2.24, 2.45) is 5.73 Å². The van der Waals surface area contributed by atoms with Crippen LogP contribution >= 0.6 is 22.9 Å². The van der Waals surface area contributed by atoms with Crippen LogP contribution in [0.3, 0.4) is 0 Å². The third kappa shape index (κ3) is 4.01. The minimum absolute atomic E-state index is 0.118. The average molecular weight is 386 g/mol. The molecule has 9 heteroatoms. The minimum Gasteiger partial charge on any atom is -0.363 e. The van der Waals surface area contributed by atoms with Crippen molar-refractivity contribution in [1.82, 2.24) is 14.9 Å². The number of nitrogens with two attached hydrogens (primary N) is 1. The Hall–Kier alpha value is -2.91. The van der Waals surface area contributed by atoms with Gasteiger partial charge in [-0.3, -0.25) is 14.4 Å². The molecule has 1 unspecified atom stereocenters. The number of rotatable bonds is 7. The van der Waals surface area contributed by atoms with E-state index in [1.165, 1.54) is 11.3 Å². The molecule has 0 fully saturated rings. The lowest BCUT2D eigenvalue weighted by molar-refractivity contribution is -0.137. The quantitative estimate of drug-likeness (QED) is 0.599. The summed E-state index contributed by atoms with van der Waals surface area (Å²) >= 11 is 2.55. The third-order valence-corrected chi connectivity index (χ3v) is 5.37. The number of carbonyl (C=O) groups is 3. The summed E-state index contributed by atoms with van der Waals surface area (Å²) in [4.78, 5) is 37.6. The Labute approximate surface area is 157 Å². The molecule has 7 nitrogen and oxygen atoms in total. The standard InChI is InChI=1S/C17H14N4O3S2/c18-16(23)14(22)11(9-10-5-2-1-3-6-10)19-17(24)13-15(26-21-20-13)12-7-4-8-25-12/h1-8,11H,9H2,(H2,18,23)(H,19,24). The van der Waals surface area contributed by atoms with Gasteiger partial charge in [0.05, 0.1) is 4.88 Å². The van der Waals surface area contributed by atoms with Gasteiger partial charge in [-0.2, -0.15) is 0 Å². The highest BCUT2D eigenvalue weighted by Crippen LogP contribution is 2.30. The maximum absolute atomic E-state index is 12.6. The largest absolute Gasteiger partial charge is 0.363 e. The summed E-state index contributed by atoms with van der Waals surface area (Å²) in [7, 11) is 0. The first kappa shape index (κ1) is 17.9. The van der Waals surface area contributed by atoms with E-state index >= 15 is 0 Å².